The molecule has 0 saturated carbocycles. The fourth-order valence-electron chi connectivity index (χ4n) is 1.25. The topological polar surface area (TPSA) is 26.3 Å². The number of carbonyl (C=O) groups excluding carboxylic acids is 1. The summed E-state index contributed by atoms with van der Waals surface area (Å²) in [4.78, 5) is 10.7. The molecule has 1 aliphatic rings. The van der Waals surface area contributed by atoms with Crippen molar-refractivity contribution in [3.05, 3.63) is 12.2 Å². The number of hydrogen-bond donors (Lipinski definition) is 0. The first kappa shape index (κ1) is 9.30. The van der Waals surface area contributed by atoms with E-state index in [1.165, 1.54) is 12.8 Å². The molecule has 2 heteroatoms. The predicted octanol–water partition coefficient (Wildman–Crippen LogP) is 2.44. The van der Waals surface area contributed by atoms with Crippen LogP contribution in [-0.4, -0.2) is 12.1 Å². The summed E-state index contributed by atoms with van der Waals surface area (Å²) in [6, 6.07) is 0. The van der Waals surface area contributed by atoms with Crippen molar-refractivity contribution in [3.63, 3.8) is 0 Å². The maximum Gasteiger partial charge on any atom is 0.306 e. The number of ether oxygens (including phenoxy) is 1. The molecule has 0 aromatic rings. The summed E-state index contributed by atoms with van der Waals surface area (Å²) >= 11 is 0. The molecule has 1 aliphatic heterocycles. The lowest BCUT2D eigenvalue weighted by Crippen LogP contribution is -2.01. The molecular formula is C10H16O2. The SMILES string of the molecule is CCCC/C=C/C1CCC(=O)O1. The first-order chi connectivity index (χ1) is 5.83. The van der Waals surface area contributed by atoms with Gasteiger partial charge in [-0.05, 0) is 18.9 Å². The lowest BCUT2D eigenvalue weighted by Gasteiger charge is -2.00. The number of esters is 1. The Morgan fingerprint density at radius 1 is 1.67 bits per heavy atom. The molecule has 0 N–H and O–H groups in total. The zero-order chi connectivity index (χ0) is 8.81. The fraction of sp³-hybridized carbons (Fsp3) is 0.700. The first-order valence-corrected chi connectivity index (χ1v) is 4.69. The van der Waals surface area contributed by atoms with Crippen LogP contribution >= 0.6 is 0 Å². The van der Waals surface area contributed by atoms with Crippen LogP contribution in [0.1, 0.15) is 39.0 Å². The van der Waals surface area contributed by atoms with Gasteiger partial charge in [0.15, 0.2) is 0 Å². The maximum absolute atomic E-state index is 10.7. The monoisotopic (exact) mass is 168 g/mol. The minimum Gasteiger partial charge on any atom is -0.458 e. The van der Waals surface area contributed by atoms with Gasteiger partial charge in [-0.15, -0.1) is 0 Å². The van der Waals surface area contributed by atoms with Gasteiger partial charge in [0, 0.05) is 6.42 Å². The van der Waals surface area contributed by atoms with E-state index in [1.54, 1.807) is 0 Å². The number of rotatable bonds is 4. The van der Waals surface area contributed by atoms with Crippen molar-refractivity contribution < 1.29 is 9.53 Å². The van der Waals surface area contributed by atoms with E-state index in [4.69, 9.17) is 4.74 Å². The molecule has 1 fully saturated rings. The highest BCUT2D eigenvalue weighted by Gasteiger charge is 2.19. The highest BCUT2D eigenvalue weighted by Crippen LogP contribution is 2.14. The predicted molar refractivity (Wildman–Crippen MR) is 47.8 cm³/mol. The van der Waals surface area contributed by atoms with Gasteiger partial charge in [0.2, 0.25) is 0 Å². The van der Waals surface area contributed by atoms with Gasteiger partial charge in [-0.3, -0.25) is 4.79 Å². The Hall–Kier alpha value is -0.790. The Morgan fingerprint density at radius 3 is 3.08 bits per heavy atom. The molecule has 1 unspecified atom stereocenters. The van der Waals surface area contributed by atoms with Crippen molar-refractivity contribution in [2.45, 2.75) is 45.1 Å². The average molecular weight is 168 g/mol. The Labute approximate surface area is 73.6 Å². The van der Waals surface area contributed by atoms with Gasteiger partial charge in [-0.2, -0.15) is 0 Å². The third-order valence-electron chi connectivity index (χ3n) is 1.99. The third kappa shape index (κ3) is 3.07. The molecule has 1 rings (SSSR count). The van der Waals surface area contributed by atoms with Crippen LogP contribution in [0.25, 0.3) is 0 Å². The van der Waals surface area contributed by atoms with E-state index in [-0.39, 0.29) is 12.1 Å². The molecule has 1 saturated heterocycles. The van der Waals surface area contributed by atoms with Crippen LogP contribution in [0.2, 0.25) is 0 Å². The van der Waals surface area contributed by atoms with Crippen LogP contribution in [0.3, 0.4) is 0 Å². The summed E-state index contributed by atoms with van der Waals surface area (Å²) in [5, 5.41) is 0. The van der Waals surface area contributed by atoms with E-state index in [2.05, 4.69) is 13.0 Å². The van der Waals surface area contributed by atoms with Gasteiger partial charge in [0.1, 0.15) is 6.10 Å². The van der Waals surface area contributed by atoms with Crippen LogP contribution in [0.4, 0.5) is 0 Å². The lowest BCUT2D eigenvalue weighted by atomic mass is 10.2. The van der Waals surface area contributed by atoms with E-state index in [1.807, 2.05) is 6.08 Å². The van der Waals surface area contributed by atoms with Crippen LogP contribution < -0.4 is 0 Å². The van der Waals surface area contributed by atoms with Crippen molar-refractivity contribution in [2.24, 2.45) is 0 Å². The number of carbonyl (C=O) groups is 1. The number of hydrogen-bond acceptors (Lipinski definition) is 2. The minimum absolute atomic E-state index is 0.0554. The van der Waals surface area contributed by atoms with Crippen LogP contribution in [0.15, 0.2) is 12.2 Å². The van der Waals surface area contributed by atoms with Gasteiger partial charge in [-0.1, -0.05) is 25.8 Å². The van der Waals surface area contributed by atoms with Crippen molar-refractivity contribution in [3.8, 4) is 0 Å². The Balaban J connectivity index is 2.14. The molecule has 1 heterocycles. The van der Waals surface area contributed by atoms with Gasteiger partial charge in [-0.25, -0.2) is 0 Å². The second-order valence-corrected chi connectivity index (χ2v) is 3.14. The largest absolute Gasteiger partial charge is 0.458 e. The third-order valence-corrected chi connectivity index (χ3v) is 1.99. The van der Waals surface area contributed by atoms with E-state index in [9.17, 15) is 4.79 Å². The summed E-state index contributed by atoms with van der Waals surface area (Å²) in [6.45, 7) is 2.17. The highest BCUT2D eigenvalue weighted by molar-refractivity contribution is 5.71. The highest BCUT2D eigenvalue weighted by atomic mass is 16.5. The Morgan fingerprint density at radius 2 is 2.50 bits per heavy atom. The summed E-state index contributed by atoms with van der Waals surface area (Å²) in [5.74, 6) is -0.0554. The van der Waals surface area contributed by atoms with Crippen molar-refractivity contribution in [1.82, 2.24) is 0 Å². The zero-order valence-electron chi connectivity index (χ0n) is 7.58. The van der Waals surface area contributed by atoms with E-state index in [0.29, 0.717) is 6.42 Å². The second kappa shape index (κ2) is 4.96. The molecule has 1 atom stereocenters. The number of unbranched alkanes of at least 4 members (excludes halogenated alkanes) is 2. The first-order valence-electron chi connectivity index (χ1n) is 4.69. The number of allylic oxidation sites excluding steroid dienone is 1. The summed E-state index contributed by atoms with van der Waals surface area (Å²) < 4.78 is 5.02. The minimum atomic E-state index is -0.0554. The quantitative estimate of drug-likeness (QED) is 0.366. The van der Waals surface area contributed by atoms with Gasteiger partial charge < -0.3 is 4.74 Å². The van der Waals surface area contributed by atoms with Gasteiger partial charge in [0.05, 0.1) is 0 Å². The molecule has 0 aliphatic carbocycles. The van der Waals surface area contributed by atoms with Crippen molar-refractivity contribution in [2.75, 3.05) is 0 Å². The molecule has 0 spiro atoms. The average Bonchev–Trinajstić information content (AvgIpc) is 2.45. The van der Waals surface area contributed by atoms with Crippen LogP contribution in [0.5, 0.6) is 0 Å². The number of cyclic esters (lactones) is 1. The van der Waals surface area contributed by atoms with Gasteiger partial charge in [0.25, 0.3) is 0 Å². The van der Waals surface area contributed by atoms with Gasteiger partial charge >= 0.3 is 5.97 Å². The smallest absolute Gasteiger partial charge is 0.306 e. The normalized spacial score (nSPS) is 23.4. The van der Waals surface area contributed by atoms with E-state index >= 15 is 0 Å². The molecule has 0 aromatic heterocycles. The molecule has 0 bridgehead atoms. The summed E-state index contributed by atoms with van der Waals surface area (Å²) in [5.41, 5.74) is 0. The molecule has 12 heavy (non-hydrogen) atoms. The van der Waals surface area contributed by atoms with Crippen LogP contribution in [-0.2, 0) is 9.53 Å². The summed E-state index contributed by atoms with van der Waals surface area (Å²) in [7, 11) is 0. The molecule has 0 radical (unpaired) electrons. The molecule has 0 amide bonds. The molecule has 2 nitrogen and oxygen atoms in total. The van der Waals surface area contributed by atoms with E-state index in [0.717, 1.165) is 12.8 Å². The van der Waals surface area contributed by atoms with Crippen molar-refractivity contribution in [1.29, 1.82) is 0 Å². The van der Waals surface area contributed by atoms with Crippen LogP contribution in [0, 0.1) is 0 Å². The zero-order valence-corrected chi connectivity index (χ0v) is 7.58. The van der Waals surface area contributed by atoms with E-state index < -0.39 is 0 Å². The maximum atomic E-state index is 10.7. The standard InChI is InChI=1S/C10H16O2/c1-2-3-4-5-6-9-7-8-10(11)12-9/h5-6,9H,2-4,7-8H2,1H3/b6-5+. The molecular weight excluding hydrogens is 152 g/mol. The van der Waals surface area contributed by atoms with Crippen molar-refractivity contribution >= 4 is 5.97 Å². The molecule has 0 aromatic carbocycles. The summed E-state index contributed by atoms with van der Waals surface area (Å²) in [6.07, 6.45) is 9.18. The lowest BCUT2D eigenvalue weighted by molar-refractivity contribution is -0.139. The fourth-order valence-corrected chi connectivity index (χ4v) is 1.25. The Bertz CT molecular complexity index is 173. The molecule has 68 valence electrons. The second-order valence-electron chi connectivity index (χ2n) is 3.14. The Kier molecular flexibility index (Phi) is 3.85.